The molecule has 1 fully saturated rings. The number of unbranched alkanes of at least 4 members (excludes halogenated alkanes) is 7. The molecule has 2 N–H and O–H groups in total. The van der Waals surface area contributed by atoms with Gasteiger partial charge in [0.2, 0.25) is 6.10 Å². The minimum Gasteiger partial charge on any atom is -0.449 e. The maximum atomic E-state index is 11.8. The van der Waals surface area contributed by atoms with Gasteiger partial charge < -0.3 is 19.7 Å². The van der Waals surface area contributed by atoms with Crippen LogP contribution in [-0.4, -0.2) is 52.9 Å². The van der Waals surface area contributed by atoms with Gasteiger partial charge in [-0.3, -0.25) is 4.79 Å². The molecule has 7 nitrogen and oxygen atoms in total. The van der Waals surface area contributed by atoms with Crippen molar-refractivity contribution >= 4 is 17.7 Å². The zero-order chi connectivity index (χ0) is 25.7. The molecule has 0 bridgehead atoms. The summed E-state index contributed by atoms with van der Waals surface area (Å²) in [4.78, 5) is 34.9. The number of ether oxygens (including phenoxy) is 2. The van der Waals surface area contributed by atoms with Gasteiger partial charge in [-0.2, -0.15) is 0 Å². The molecule has 0 aromatic carbocycles. The number of aliphatic hydroxyl groups excluding tert-OH is 2. The molecule has 0 saturated carbocycles. The van der Waals surface area contributed by atoms with Crippen molar-refractivity contribution in [3.63, 3.8) is 0 Å². The predicted molar refractivity (Wildman–Crippen MR) is 135 cm³/mol. The molecular formula is C28H38O7. The third-order valence-corrected chi connectivity index (χ3v) is 5.15. The summed E-state index contributed by atoms with van der Waals surface area (Å²) >= 11 is 0. The highest BCUT2D eigenvalue weighted by Gasteiger charge is 2.49. The zero-order valence-electron chi connectivity index (χ0n) is 20.5. The summed E-state index contributed by atoms with van der Waals surface area (Å²) in [5, 5.41) is 18.6. The number of aliphatic hydroxyl groups is 2. The molecule has 0 aromatic rings. The lowest BCUT2D eigenvalue weighted by molar-refractivity contribution is -0.156. The lowest BCUT2D eigenvalue weighted by Crippen LogP contribution is -2.41. The summed E-state index contributed by atoms with van der Waals surface area (Å²) < 4.78 is 9.54. The van der Waals surface area contributed by atoms with Crippen molar-refractivity contribution in [1.29, 1.82) is 0 Å². The van der Waals surface area contributed by atoms with E-state index in [1.54, 1.807) is 18.2 Å². The standard InChI is InChI=1S/C28H38O7/c1-2-3-4-5-6-7-8-9-10-11-12-13-14-15-16-17-18-19-20-21-24(31)34-27-25(32)28(33)35-26(27)23(30)22-29/h10-21,23,26-27,29-30H,2-9,22H2,1H3/t23-,26+,27?/m0/s1. The van der Waals surface area contributed by atoms with E-state index in [-0.39, 0.29) is 0 Å². The first-order chi connectivity index (χ1) is 17.0. The zero-order valence-corrected chi connectivity index (χ0v) is 20.5. The second kappa shape index (κ2) is 19.3. The highest BCUT2D eigenvalue weighted by Crippen LogP contribution is 2.19. The Hall–Kier alpha value is -3.03. The molecule has 0 spiro atoms. The van der Waals surface area contributed by atoms with Crippen molar-refractivity contribution in [3.8, 4) is 0 Å². The first kappa shape index (κ1) is 30.0. The van der Waals surface area contributed by atoms with Crippen LogP contribution in [0.25, 0.3) is 0 Å². The van der Waals surface area contributed by atoms with Crippen LogP contribution in [0, 0.1) is 0 Å². The summed E-state index contributed by atoms with van der Waals surface area (Å²) in [6, 6.07) is 0. The molecule has 0 aromatic heterocycles. The molecular weight excluding hydrogens is 448 g/mol. The Kier molecular flexibility index (Phi) is 16.5. The number of hydrogen-bond donors (Lipinski definition) is 2. The monoisotopic (exact) mass is 486 g/mol. The van der Waals surface area contributed by atoms with Gasteiger partial charge in [-0.05, 0) is 12.8 Å². The smallest absolute Gasteiger partial charge is 0.379 e. The molecule has 1 unspecified atom stereocenters. The minimum absolute atomic E-state index is 0.746. The molecule has 0 radical (unpaired) electrons. The second-order valence-electron chi connectivity index (χ2n) is 8.08. The largest absolute Gasteiger partial charge is 0.449 e. The van der Waals surface area contributed by atoms with E-state index < -0.39 is 42.6 Å². The summed E-state index contributed by atoms with van der Waals surface area (Å²) in [6.07, 6.45) is 27.2. The van der Waals surface area contributed by atoms with E-state index >= 15 is 0 Å². The van der Waals surface area contributed by atoms with Gasteiger partial charge >= 0.3 is 11.9 Å². The molecule has 192 valence electrons. The number of ketones is 1. The average molecular weight is 487 g/mol. The van der Waals surface area contributed by atoms with Crippen LogP contribution >= 0.6 is 0 Å². The van der Waals surface area contributed by atoms with Crippen molar-refractivity contribution in [2.75, 3.05) is 6.61 Å². The number of allylic oxidation sites excluding steroid dienone is 11. The number of hydrogen-bond acceptors (Lipinski definition) is 7. The molecule has 1 aliphatic rings. The lowest BCUT2D eigenvalue weighted by atomic mass is 10.1. The predicted octanol–water partition coefficient (Wildman–Crippen LogP) is 4.22. The Morgan fingerprint density at radius 3 is 2.03 bits per heavy atom. The molecule has 0 amide bonds. The van der Waals surface area contributed by atoms with Crippen molar-refractivity contribution in [1.82, 2.24) is 0 Å². The molecule has 3 atom stereocenters. The van der Waals surface area contributed by atoms with E-state index in [0.717, 1.165) is 12.5 Å². The quantitative estimate of drug-likeness (QED) is 0.104. The molecule has 35 heavy (non-hydrogen) atoms. The van der Waals surface area contributed by atoms with Crippen LogP contribution in [0.4, 0.5) is 0 Å². The van der Waals surface area contributed by atoms with Crippen LogP contribution in [0.15, 0.2) is 72.9 Å². The Bertz CT molecular complexity index is 817. The second-order valence-corrected chi connectivity index (χ2v) is 8.08. The Morgan fingerprint density at radius 2 is 1.43 bits per heavy atom. The lowest BCUT2D eigenvalue weighted by Gasteiger charge is -2.19. The maximum Gasteiger partial charge on any atom is 0.379 e. The Labute approximate surface area is 208 Å². The van der Waals surface area contributed by atoms with E-state index in [9.17, 15) is 19.5 Å². The maximum absolute atomic E-state index is 11.8. The third-order valence-electron chi connectivity index (χ3n) is 5.15. The van der Waals surface area contributed by atoms with Crippen molar-refractivity contribution < 1.29 is 34.1 Å². The van der Waals surface area contributed by atoms with Crippen LogP contribution in [0.3, 0.4) is 0 Å². The van der Waals surface area contributed by atoms with Crippen molar-refractivity contribution in [2.24, 2.45) is 0 Å². The molecule has 1 heterocycles. The van der Waals surface area contributed by atoms with Crippen molar-refractivity contribution in [3.05, 3.63) is 72.9 Å². The summed E-state index contributed by atoms with van der Waals surface area (Å²) in [5.41, 5.74) is 0. The first-order valence-corrected chi connectivity index (χ1v) is 12.3. The highest BCUT2D eigenvalue weighted by atomic mass is 16.6. The number of Topliss-reactive ketones (excluding diaryl/α,β-unsaturated/α-hetero) is 1. The SMILES string of the molecule is CCCCCCCCCC=CC=CC=CC=CC=CC=CC(=O)OC1C(=O)C(=O)O[C@@H]1[C@@H](O)CO. The fourth-order valence-electron chi connectivity index (χ4n) is 3.22. The number of rotatable bonds is 17. The van der Waals surface area contributed by atoms with E-state index in [0.29, 0.717) is 0 Å². The molecule has 1 aliphatic heterocycles. The van der Waals surface area contributed by atoms with E-state index in [2.05, 4.69) is 23.8 Å². The number of carbonyl (C=O) groups is 3. The fourth-order valence-corrected chi connectivity index (χ4v) is 3.22. The fraction of sp³-hybridized carbons (Fsp3) is 0.464. The minimum atomic E-state index is -1.58. The van der Waals surface area contributed by atoms with Gasteiger partial charge in [0.15, 0.2) is 6.10 Å². The van der Waals surface area contributed by atoms with Crippen LogP contribution < -0.4 is 0 Å². The van der Waals surface area contributed by atoms with Crippen LogP contribution in [0.1, 0.15) is 58.3 Å². The summed E-state index contributed by atoms with van der Waals surface area (Å²) in [5.74, 6) is -3.17. The number of cyclic esters (lactones) is 1. The van der Waals surface area contributed by atoms with Gasteiger partial charge in [-0.15, -0.1) is 0 Å². The van der Waals surface area contributed by atoms with Gasteiger partial charge in [0, 0.05) is 6.08 Å². The average Bonchev–Trinajstić information content (AvgIpc) is 3.13. The topological polar surface area (TPSA) is 110 Å². The molecule has 1 rings (SSSR count). The Balaban J connectivity index is 2.22. The van der Waals surface area contributed by atoms with Crippen LogP contribution in [0.2, 0.25) is 0 Å². The molecule has 0 aliphatic carbocycles. The van der Waals surface area contributed by atoms with Gasteiger partial charge in [0.1, 0.15) is 6.10 Å². The third kappa shape index (κ3) is 13.4. The van der Waals surface area contributed by atoms with Crippen LogP contribution in [-0.2, 0) is 23.9 Å². The molecule has 1 saturated heterocycles. The van der Waals surface area contributed by atoms with Gasteiger partial charge in [0.05, 0.1) is 6.61 Å². The molecule has 7 heteroatoms. The van der Waals surface area contributed by atoms with Crippen LogP contribution in [0.5, 0.6) is 0 Å². The van der Waals surface area contributed by atoms with Gasteiger partial charge in [-0.1, -0.05) is 112 Å². The number of esters is 2. The van der Waals surface area contributed by atoms with Crippen molar-refractivity contribution in [2.45, 2.75) is 76.6 Å². The summed E-state index contributed by atoms with van der Waals surface area (Å²) in [7, 11) is 0. The van der Waals surface area contributed by atoms with Gasteiger partial charge in [0.25, 0.3) is 5.78 Å². The van der Waals surface area contributed by atoms with E-state index in [4.69, 9.17) is 9.84 Å². The van der Waals surface area contributed by atoms with E-state index in [1.165, 1.54) is 51.0 Å². The first-order valence-electron chi connectivity index (χ1n) is 12.3. The highest BCUT2D eigenvalue weighted by molar-refractivity contribution is 6.37. The van der Waals surface area contributed by atoms with E-state index in [1.807, 2.05) is 30.4 Å². The summed E-state index contributed by atoms with van der Waals surface area (Å²) in [6.45, 7) is 1.49. The normalized spacial score (nSPS) is 20.0. The van der Waals surface area contributed by atoms with Gasteiger partial charge in [-0.25, -0.2) is 9.59 Å². The number of carbonyl (C=O) groups excluding carboxylic acids is 3. The Morgan fingerprint density at radius 1 is 0.886 bits per heavy atom.